The van der Waals surface area contributed by atoms with Gasteiger partial charge in [-0.1, -0.05) is 23.2 Å². The largest absolute Gasteiger partial charge is 0.478 e. The van der Waals surface area contributed by atoms with Crippen LogP contribution >= 0.6 is 23.2 Å². The SMILES string of the molecule is Nc1ccc(NS(=O)(=O)c2cc(C(=O)O)c(Cl)cc2Cl)cc1. The molecule has 0 heterocycles. The second-order valence-electron chi connectivity index (χ2n) is 4.30. The highest BCUT2D eigenvalue weighted by Gasteiger charge is 2.22. The molecular weight excluding hydrogens is 351 g/mol. The monoisotopic (exact) mass is 360 g/mol. The van der Waals surface area contributed by atoms with E-state index in [-0.39, 0.29) is 26.2 Å². The third-order valence-corrected chi connectivity index (χ3v) is 4.86. The van der Waals surface area contributed by atoms with Crippen molar-refractivity contribution in [2.75, 3.05) is 10.5 Å². The Hall–Kier alpha value is -1.96. The third-order valence-electron chi connectivity index (χ3n) is 2.70. The summed E-state index contributed by atoms with van der Waals surface area (Å²) in [5.41, 5.74) is 5.89. The van der Waals surface area contributed by atoms with Gasteiger partial charge in [-0.05, 0) is 36.4 Å². The molecule has 0 saturated heterocycles. The Kier molecular flexibility index (Phi) is 4.50. The minimum Gasteiger partial charge on any atom is -0.478 e. The molecule has 0 aliphatic heterocycles. The summed E-state index contributed by atoms with van der Waals surface area (Å²) < 4.78 is 26.9. The van der Waals surface area contributed by atoms with Crippen molar-refractivity contribution in [2.24, 2.45) is 0 Å². The molecule has 0 atom stereocenters. The fraction of sp³-hybridized carbons (Fsp3) is 0. The molecule has 2 aromatic carbocycles. The van der Waals surface area contributed by atoms with Gasteiger partial charge in [0.15, 0.2) is 0 Å². The number of halogens is 2. The first-order valence-electron chi connectivity index (χ1n) is 5.81. The molecule has 0 spiro atoms. The highest BCUT2D eigenvalue weighted by molar-refractivity contribution is 7.92. The number of carboxylic acids is 1. The number of aromatic carboxylic acids is 1. The van der Waals surface area contributed by atoms with Crippen LogP contribution in [0, 0.1) is 0 Å². The van der Waals surface area contributed by atoms with E-state index in [1.54, 1.807) is 0 Å². The number of rotatable bonds is 4. The molecule has 0 aliphatic rings. The summed E-state index contributed by atoms with van der Waals surface area (Å²) in [5.74, 6) is -1.36. The van der Waals surface area contributed by atoms with Gasteiger partial charge in [-0.15, -0.1) is 0 Å². The van der Waals surface area contributed by atoms with Gasteiger partial charge in [0.1, 0.15) is 4.90 Å². The van der Waals surface area contributed by atoms with Crippen LogP contribution in [0.25, 0.3) is 0 Å². The maximum absolute atomic E-state index is 12.3. The number of benzene rings is 2. The number of sulfonamides is 1. The summed E-state index contributed by atoms with van der Waals surface area (Å²) in [4.78, 5) is 10.7. The van der Waals surface area contributed by atoms with Crippen LogP contribution in [-0.2, 0) is 10.0 Å². The first-order valence-corrected chi connectivity index (χ1v) is 8.05. The molecule has 0 bridgehead atoms. The first-order chi connectivity index (χ1) is 10.2. The Morgan fingerprint density at radius 3 is 2.23 bits per heavy atom. The average molecular weight is 361 g/mol. The van der Waals surface area contributed by atoms with Gasteiger partial charge < -0.3 is 10.8 Å². The highest BCUT2D eigenvalue weighted by Crippen LogP contribution is 2.30. The number of hydrogen-bond acceptors (Lipinski definition) is 4. The van der Waals surface area contributed by atoms with Crippen LogP contribution < -0.4 is 10.5 Å². The van der Waals surface area contributed by atoms with E-state index >= 15 is 0 Å². The lowest BCUT2D eigenvalue weighted by atomic mass is 10.2. The summed E-state index contributed by atoms with van der Waals surface area (Å²) >= 11 is 11.6. The van der Waals surface area contributed by atoms with E-state index < -0.39 is 16.0 Å². The number of nitrogens with one attached hydrogen (secondary N) is 1. The Morgan fingerprint density at radius 1 is 1.09 bits per heavy atom. The quantitative estimate of drug-likeness (QED) is 0.725. The summed E-state index contributed by atoms with van der Waals surface area (Å²) in [7, 11) is -4.07. The van der Waals surface area contributed by atoms with Crippen molar-refractivity contribution >= 4 is 50.6 Å². The number of anilines is 2. The van der Waals surface area contributed by atoms with Crippen LogP contribution in [0.3, 0.4) is 0 Å². The van der Waals surface area contributed by atoms with Crippen molar-refractivity contribution in [2.45, 2.75) is 4.90 Å². The molecule has 22 heavy (non-hydrogen) atoms. The minimum absolute atomic E-state index is 0.149. The molecule has 4 N–H and O–H groups in total. The lowest BCUT2D eigenvalue weighted by Gasteiger charge is -2.11. The van der Waals surface area contributed by atoms with Gasteiger partial charge in [-0.2, -0.15) is 0 Å². The molecule has 9 heteroatoms. The van der Waals surface area contributed by atoms with E-state index in [9.17, 15) is 13.2 Å². The maximum Gasteiger partial charge on any atom is 0.337 e. The van der Waals surface area contributed by atoms with Crippen molar-refractivity contribution in [1.29, 1.82) is 0 Å². The van der Waals surface area contributed by atoms with Crippen molar-refractivity contribution in [3.63, 3.8) is 0 Å². The van der Waals surface area contributed by atoms with Crippen molar-refractivity contribution in [3.8, 4) is 0 Å². The van der Waals surface area contributed by atoms with Gasteiger partial charge >= 0.3 is 5.97 Å². The lowest BCUT2D eigenvalue weighted by molar-refractivity contribution is 0.0697. The molecule has 0 unspecified atom stereocenters. The fourth-order valence-electron chi connectivity index (χ4n) is 1.66. The fourth-order valence-corrected chi connectivity index (χ4v) is 3.57. The number of carbonyl (C=O) groups is 1. The minimum atomic E-state index is -4.07. The maximum atomic E-state index is 12.3. The molecule has 2 rings (SSSR count). The van der Waals surface area contributed by atoms with Crippen molar-refractivity contribution in [3.05, 3.63) is 52.0 Å². The highest BCUT2D eigenvalue weighted by atomic mass is 35.5. The second-order valence-corrected chi connectivity index (χ2v) is 6.76. The molecule has 116 valence electrons. The summed E-state index contributed by atoms with van der Waals surface area (Å²) in [6, 6.07) is 7.95. The van der Waals surface area contributed by atoms with Gasteiger partial charge in [-0.3, -0.25) is 4.72 Å². The van der Waals surface area contributed by atoms with Gasteiger partial charge in [-0.25, -0.2) is 13.2 Å². The molecule has 0 amide bonds. The molecule has 0 saturated carbocycles. The zero-order chi connectivity index (χ0) is 16.5. The average Bonchev–Trinajstić information content (AvgIpc) is 2.40. The predicted molar refractivity (Wildman–Crippen MR) is 85.1 cm³/mol. The zero-order valence-electron chi connectivity index (χ0n) is 10.9. The Balaban J connectivity index is 2.47. The van der Waals surface area contributed by atoms with E-state index in [4.69, 9.17) is 34.0 Å². The number of nitrogen functional groups attached to an aromatic ring is 1. The topological polar surface area (TPSA) is 109 Å². The summed E-state index contributed by atoms with van der Waals surface area (Å²) in [6.45, 7) is 0. The van der Waals surface area contributed by atoms with Crippen LogP contribution in [0.4, 0.5) is 11.4 Å². The lowest BCUT2D eigenvalue weighted by Crippen LogP contribution is -2.14. The summed E-state index contributed by atoms with van der Waals surface area (Å²) in [6.07, 6.45) is 0. The standard InChI is InChI=1S/C13H10Cl2N2O4S/c14-10-6-11(15)12(5-9(10)13(18)19)22(20,21)17-8-3-1-7(16)2-4-8/h1-6,17H,16H2,(H,18,19). The van der Waals surface area contributed by atoms with Crippen LogP contribution in [0.5, 0.6) is 0 Å². The number of hydrogen-bond donors (Lipinski definition) is 3. The van der Waals surface area contributed by atoms with Crippen molar-refractivity contribution in [1.82, 2.24) is 0 Å². The van der Waals surface area contributed by atoms with E-state index in [2.05, 4.69) is 4.72 Å². The zero-order valence-corrected chi connectivity index (χ0v) is 13.2. The molecule has 6 nitrogen and oxygen atoms in total. The van der Waals surface area contributed by atoms with Crippen LogP contribution in [0.15, 0.2) is 41.3 Å². The predicted octanol–water partition coefficient (Wildman–Crippen LogP) is 3.07. The van der Waals surface area contributed by atoms with Crippen LogP contribution in [0.1, 0.15) is 10.4 Å². The molecule has 0 radical (unpaired) electrons. The number of carboxylic acid groups (broad SMARTS) is 1. The van der Waals surface area contributed by atoms with Gasteiger partial charge in [0.2, 0.25) is 0 Å². The van der Waals surface area contributed by atoms with Crippen molar-refractivity contribution < 1.29 is 18.3 Å². The Labute approximate surface area is 136 Å². The van der Waals surface area contributed by atoms with Gasteiger partial charge in [0.05, 0.1) is 15.6 Å². The van der Waals surface area contributed by atoms with E-state index in [1.165, 1.54) is 24.3 Å². The van der Waals surface area contributed by atoms with E-state index in [0.717, 1.165) is 12.1 Å². The molecule has 0 aliphatic carbocycles. The molecular formula is C13H10Cl2N2O4S. The van der Waals surface area contributed by atoms with Crippen LogP contribution in [-0.4, -0.2) is 19.5 Å². The number of nitrogens with two attached hydrogens (primary N) is 1. The third kappa shape index (κ3) is 3.44. The van der Waals surface area contributed by atoms with Gasteiger partial charge in [0, 0.05) is 11.4 Å². The molecule has 2 aromatic rings. The summed E-state index contributed by atoms with van der Waals surface area (Å²) in [5, 5.41) is 8.68. The van der Waals surface area contributed by atoms with Crippen LogP contribution in [0.2, 0.25) is 10.0 Å². The molecule has 0 fully saturated rings. The van der Waals surface area contributed by atoms with E-state index in [0.29, 0.717) is 5.69 Å². The Morgan fingerprint density at radius 2 is 1.68 bits per heavy atom. The second kappa shape index (κ2) is 6.04. The normalized spacial score (nSPS) is 11.2. The van der Waals surface area contributed by atoms with Gasteiger partial charge in [0.25, 0.3) is 10.0 Å². The Bertz CT molecular complexity index is 836. The smallest absolute Gasteiger partial charge is 0.337 e. The van der Waals surface area contributed by atoms with E-state index in [1.807, 2.05) is 0 Å². The first kappa shape index (κ1) is 16.4. The molecule has 0 aromatic heterocycles.